The van der Waals surface area contributed by atoms with Crippen LogP contribution in [-0.4, -0.2) is 11.1 Å². The predicted octanol–water partition coefficient (Wildman–Crippen LogP) is 5.19. The summed E-state index contributed by atoms with van der Waals surface area (Å²) < 4.78 is 38.4. The van der Waals surface area contributed by atoms with Gasteiger partial charge in [-0.3, -0.25) is 0 Å². The highest BCUT2D eigenvalue weighted by molar-refractivity contribution is 5.27. The Bertz CT molecular complexity index is 465. The molecule has 0 bridgehead atoms. The van der Waals surface area contributed by atoms with Gasteiger partial charge in [-0.1, -0.05) is 32.0 Å². The zero-order valence-electron chi connectivity index (χ0n) is 13.6. The maximum atomic E-state index is 12.8. The van der Waals surface area contributed by atoms with E-state index in [0.717, 1.165) is 18.9 Å². The van der Waals surface area contributed by atoms with Gasteiger partial charge < -0.3 is 5.32 Å². The number of halogens is 3. The highest BCUT2D eigenvalue weighted by atomic mass is 19.4. The van der Waals surface area contributed by atoms with Crippen molar-refractivity contribution in [2.75, 3.05) is 0 Å². The third-order valence-corrected chi connectivity index (χ3v) is 4.15. The molecule has 21 heavy (non-hydrogen) atoms. The lowest BCUT2D eigenvalue weighted by molar-refractivity contribution is -0.137. The SMILES string of the molecule is CCC(C)(C)NC(C)(CC)Cc1cccc(C(F)(F)F)c1. The van der Waals surface area contributed by atoms with Gasteiger partial charge in [0.15, 0.2) is 0 Å². The van der Waals surface area contributed by atoms with E-state index in [2.05, 4.69) is 39.9 Å². The largest absolute Gasteiger partial charge is 0.416 e. The minimum atomic E-state index is -4.28. The lowest BCUT2D eigenvalue weighted by atomic mass is 9.86. The predicted molar refractivity (Wildman–Crippen MR) is 81.3 cm³/mol. The molecule has 0 fully saturated rings. The molecule has 1 unspecified atom stereocenters. The number of rotatable bonds is 6. The van der Waals surface area contributed by atoms with Crippen LogP contribution in [0.15, 0.2) is 24.3 Å². The number of benzene rings is 1. The molecule has 4 heteroatoms. The molecule has 1 aromatic rings. The van der Waals surface area contributed by atoms with E-state index in [4.69, 9.17) is 0 Å². The van der Waals surface area contributed by atoms with Crippen LogP contribution in [0.25, 0.3) is 0 Å². The second-order valence-electron chi connectivity index (χ2n) is 6.65. The number of alkyl halides is 3. The monoisotopic (exact) mass is 301 g/mol. The Balaban J connectivity index is 2.96. The van der Waals surface area contributed by atoms with E-state index >= 15 is 0 Å². The summed E-state index contributed by atoms with van der Waals surface area (Å²) >= 11 is 0. The van der Waals surface area contributed by atoms with Crippen LogP contribution in [-0.2, 0) is 12.6 Å². The Labute approximate surface area is 125 Å². The third kappa shape index (κ3) is 5.34. The Morgan fingerprint density at radius 1 is 1.00 bits per heavy atom. The normalized spacial score (nSPS) is 15.8. The third-order valence-electron chi connectivity index (χ3n) is 4.15. The van der Waals surface area contributed by atoms with Gasteiger partial charge in [-0.15, -0.1) is 0 Å². The summed E-state index contributed by atoms with van der Waals surface area (Å²) in [5, 5.41) is 3.59. The summed E-state index contributed by atoms with van der Waals surface area (Å²) in [6.07, 6.45) is -1.89. The van der Waals surface area contributed by atoms with Crippen molar-refractivity contribution in [2.45, 2.75) is 71.1 Å². The van der Waals surface area contributed by atoms with Gasteiger partial charge >= 0.3 is 6.18 Å². The van der Waals surface area contributed by atoms with Gasteiger partial charge in [0.05, 0.1) is 5.56 Å². The molecule has 120 valence electrons. The highest BCUT2D eigenvalue weighted by Gasteiger charge is 2.32. The van der Waals surface area contributed by atoms with Crippen molar-refractivity contribution in [3.8, 4) is 0 Å². The van der Waals surface area contributed by atoms with E-state index in [1.54, 1.807) is 6.07 Å². The van der Waals surface area contributed by atoms with Gasteiger partial charge in [0, 0.05) is 11.1 Å². The van der Waals surface area contributed by atoms with Crippen molar-refractivity contribution in [3.05, 3.63) is 35.4 Å². The second kappa shape index (κ2) is 6.39. The molecule has 0 radical (unpaired) electrons. The van der Waals surface area contributed by atoms with Crippen molar-refractivity contribution < 1.29 is 13.2 Å². The first kappa shape index (κ1) is 18.0. The van der Waals surface area contributed by atoms with Crippen LogP contribution < -0.4 is 5.32 Å². The molecule has 0 saturated heterocycles. The Morgan fingerprint density at radius 2 is 1.62 bits per heavy atom. The summed E-state index contributed by atoms with van der Waals surface area (Å²) in [5.74, 6) is 0. The summed E-state index contributed by atoms with van der Waals surface area (Å²) in [6.45, 7) is 10.5. The minimum Gasteiger partial charge on any atom is -0.306 e. The van der Waals surface area contributed by atoms with Crippen molar-refractivity contribution in [1.29, 1.82) is 0 Å². The van der Waals surface area contributed by atoms with Crippen molar-refractivity contribution in [3.63, 3.8) is 0 Å². The summed E-state index contributed by atoms with van der Waals surface area (Å²) in [7, 11) is 0. The zero-order valence-corrected chi connectivity index (χ0v) is 13.6. The van der Waals surface area contributed by atoms with Crippen molar-refractivity contribution >= 4 is 0 Å². The average molecular weight is 301 g/mol. The fraction of sp³-hybridized carbons (Fsp3) is 0.647. The Hall–Kier alpha value is -1.03. The van der Waals surface area contributed by atoms with E-state index in [9.17, 15) is 13.2 Å². The number of hydrogen-bond acceptors (Lipinski definition) is 1. The Kier molecular flexibility index (Phi) is 5.48. The van der Waals surface area contributed by atoms with E-state index in [-0.39, 0.29) is 11.1 Å². The second-order valence-corrected chi connectivity index (χ2v) is 6.65. The molecular formula is C17H26F3N. The molecule has 0 saturated carbocycles. The summed E-state index contributed by atoms with van der Waals surface area (Å²) in [4.78, 5) is 0. The van der Waals surface area contributed by atoms with Crippen LogP contribution >= 0.6 is 0 Å². The summed E-state index contributed by atoms with van der Waals surface area (Å²) in [5.41, 5.74) is -0.113. The van der Waals surface area contributed by atoms with Gasteiger partial charge in [-0.2, -0.15) is 13.2 Å². The molecule has 0 amide bonds. The molecule has 1 nitrogen and oxygen atoms in total. The molecule has 1 aromatic carbocycles. The minimum absolute atomic E-state index is 0.0353. The fourth-order valence-corrected chi connectivity index (χ4v) is 2.47. The molecule has 0 aliphatic rings. The number of hydrogen-bond donors (Lipinski definition) is 1. The van der Waals surface area contributed by atoms with Gasteiger partial charge in [0.1, 0.15) is 0 Å². The molecule has 0 aliphatic carbocycles. The van der Waals surface area contributed by atoms with Gasteiger partial charge in [0.25, 0.3) is 0 Å². The van der Waals surface area contributed by atoms with Crippen molar-refractivity contribution in [2.24, 2.45) is 0 Å². The van der Waals surface area contributed by atoms with Crippen LogP contribution in [0.1, 0.15) is 58.6 Å². The van der Waals surface area contributed by atoms with Crippen LogP contribution in [0.2, 0.25) is 0 Å². The van der Waals surface area contributed by atoms with E-state index in [0.29, 0.717) is 12.0 Å². The van der Waals surface area contributed by atoms with E-state index < -0.39 is 11.7 Å². The van der Waals surface area contributed by atoms with Gasteiger partial charge in [0.2, 0.25) is 0 Å². The first-order valence-electron chi connectivity index (χ1n) is 7.47. The molecule has 1 atom stereocenters. The molecule has 1 N–H and O–H groups in total. The summed E-state index contributed by atoms with van der Waals surface area (Å²) in [6, 6.07) is 5.63. The fourth-order valence-electron chi connectivity index (χ4n) is 2.47. The lowest BCUT2D eigenvalue weighted by Gasteiger charge is -2.39. The molecule has 0 spiro atoms. The van der Waals surface area contributed by atoms with Crippen molar-refractivity contribution in [1.82, 2.24) is 5.32 Å². The van der Waals surface area contributed by atoms with Crippen LogP contribution in [0.5, 0.6) is 0 Å². The van der Waals surface area contributed by atoms with Gasteiger partial charge in [-0.25, -0.2) is 0 Å². The van der Waals surface area contributed by atoms with Crippen LogP contribution in [0, 0.1) is 0 Å². The van der Waals surface area contributed by atoms with Crippen LogP contribution in [0.4, 0.5) is 13.2 Å². The maximum absolute atomic E-state index is 12.8. The molecule has 1 rings (SSSR count). The van der Waals surface area contributed by atoms with E-state index in [1.807, 2.05) is 0 Å². The first-order chi connectivity index (χ1) is 9.51. The molecule has 0 heterocycles. The lowest BCUT2D eigenvalue weighted by Crippen LogP contribution is -2.54. The first-order valence-corrected chi connectivity index (χ1v) is 7.47. The maximum Gasteiger partial charge on any atom is 0.416 e. The van der Waals surface area contributed by atoms with Gasteiger partial charge in [-0.05, 0) is 51.7 Å². The molecule has 0 aromatic heterocycles. The quantitative estimate of drug-likeness (QED) is 0.762. The Morgan fingerprint density at radius 3 is 2.10 bits per heavy atom. The highest BCUT2D eigenvalue weighted by Crippen LogP contribution is 2.31. The molecular weight excluding hydrogens is 275 g/mol. The standard InChI is InChI=1S/C17H26F3N/c1-6-15(3,4)21-16(5,7-2)12-13-9-8-10-14(11-13)17(18,19)20/h8-11,21H,6-7,12H2,1-5H3. The number of nitrogens with one attached hydrogen (secondary N) is 1. The van der Waals surface area contributed by atoms with E-state index in [1.165, 1.54) is 12.1 Å². The molecule has 0 aliphatic heterocycles. The van der Waals surface area contributed by atoms with Crippen LogP contribution in [0.3, 0.4) is 0 Å². The topological polar surface area (TPSA) is 12.0 Å². The average Bonchev–Trinajstić information content (AvgIpc) is 2.37. The zero-order chi connectivity index (χ0) is 16.3. The smallest absolute Gasteiger partial charge is 0.306 e.